The lowest BCUT2D eigenvalue weighted by Gasteiger charge is -2.02. The van der Waals surface area contributed by atoms with Crippen molar-refractivity contribution in [1.82, 2.24) is 4.57 Å². The van der Waals surface area contributed by atoms with E-state index in [1.807, 2.05) is 0 Å². The number of aliphatic hydroxyl groups is 1. The van der Waals surface area contributed by atoms with Gasteiger partial charge in [0.15, 0.2) is 0 Å². The van der Waals surface area contributed by atoms with Crippen LogP contribution in [0.15, 0.2) is 30.5 Å². The molecule has 2 heteroatoms. The third kappa shape index (κ3) is 2.12. The normalized spacial score (nSPS) is 11.1. The number of nitrogens with zero attached hydrogens (tertiary/aromatic N) is 1. The summed E-state index contributed by atoms with van der Waals surface area (Å²) >= 11 is 0. The number of benzene rings is 1. The predicted octanol–water partition coefficient (Wildman–Crippen LogP) is 2.98. The van der Waals surface area contributed by atoms with Crippen LogP contribution in [-0.2, 0) is 13.0 Å². The van der Waals surface area contributed by atoms with Crippen molar-refractivity contribution >= 4 is 10.9 Å². The van der Waals surface area contributed by atoms with Crippen LogP contribution in [0.25, 0.3) is 10.9 Å². The summed E-state index contributed by atoms with van der Waals surface area (Å²) in [6.45, 7) is 3.50. The number of rotatable bonds is 5. The van der Waals surface area contributed by atoms with E-state index < -0.39 is 0 Å². The molecule has 0 bridgehead atoms. The molecular formula is C14H19NO. The van der Waals surface area contributed by atoms with Crippen LogP contribution in [0, 0.1) is 0 Å². The van der Waals surface area contributed by atoms with Gasteiger partial charge in [-0.3, -0.25) is 0 Å². The van der Waals surface area contributed by atoms with Crippen LogP contribution in [0.1, 0.15) is 25.3 Å². The SMILES string of the molecule is CCCCn1cc(CCO)c2ccccc21. The molecule has 86 valence electrons. The minimum atomic E-state index is 0.224. The number of aromatic nitrogens is 1. The van der Waals surface area contributed by atoms with Gasteiger partial charge in [0.25, 0.3) is 0 Å². The maximum Gasteiger partial charge on any atom is 0.0483 e. The van der Waals surface area contributed by atoms with Gasteiger partial charge in [0, 0.05) is 30.3 Å². The minimum Gasteiger partial charge on any atom is -0.396 e. The lowest BCUT2D eigenvalue weighted by molar-refractivity contribution is 0.300. The summed E-state index contributed by atoms with van der Waals surface area (Å²) in [6.07, 6.45) is 5.36. The van der Waals surface area contributed by atoms with Crippen LogP contribution in [-0.4, -0.2) is 16.3 Å². The van der Waals surface area contributed by atoms with Gasteiger partial charge in [0.05, 0.1) is 0 Å². The monoisotopic (exact) mass is 217 g/mol. The summed E-state index contributed by atoms with van der Waals surface area (Å²) in [6, 6.07) is 8.44. The van der Waals surface area contributed by atoms with Crippen molar-refractivity contribution in [1.29, 1.82) is 0 Å². The second-order valence-corrected chi connectivity index (χ2v) is 4.19. The number of para-hydroxylation sites is 1. The van der Waals surface area contributed by atoms with Crippen molar-refractivity contribution in [3.05, 3.63) is 36.0 Å². The molecule has 0 unspecified atom stereocenters. The first-order chi connectivity index (χ1) is 7.86. The van der Waals surface area contributed by atoms with E-state index in [-0.39, 0.29) is 6.61 Å². The summed E-state index contributed by atoms with van der Waals surface area (Å²) in [7, 11) is 0. The average Bonchev–Trinajstić information content (AvgIpc) is 2.66. The van der Waals surface area contributed by atoms with Gasteiger partial charge in [-0.25, -0.2) is 0 Å². The summed E-state index contributed by atoms with van der Waals surface area (Å²) in [4.78, 5) is 0. The van der Waals surface area contributed by atoms with Crippen LogP contribution >= 0.6 is 0 Å². The number of hydrogen-bond donors (Lipinski definition) is 1. The molecule has 2 rings (SSSR count). The molecule has 0 spiro atoms. The molecule has 0 amide bonds. The van der Waals surface area contributed by atoms with Crippen molar-refractivity contribution in [2.24, 2.45) is 0 Å². The molecule has 0 aliphatic rings. The summed E-state index contributed by atoms with van der Waals surface area (Å²) in [5.74, 6) is 0. The molecule has 0 atom stereocenters. The van der Waals surface area contributed by atoms with Gasteiger partial charge in [0.1, 0.15) is 0 Å². The fourth-order valence-electron chi connectivity index (χ4n) is 2.16. The molecule has 2 aromatic rings. The van der Waals surface area contributed by atoms with Crippen molar-refractivity contribution < 1.29 is 5.11 Å². The van der Waals surface area contributed by atoms with Gasteiger partial charge < -0.3 is 9.67 Å². The number of aliphatic hydroxyl groups excluding tert-OH is 1. The van der Waals surface area contributed by atoms with Crippen molar-refractivity contribution in [2.45, 2.75) is 32.7 Å². The standard InChI is InChI=1S/C14H19NO/c1-2-3-9-15-11-12(8-10-16)13-6-4-5-7-14(13)15/h4-7,11,16H,2-3,8-10H2,1H3. The summed E-state index contributed by atoms with van der Waals surface area (Å²) in [5, 5.41) is 10.3. The lowest BCUT2D eigenvalue weighted by Crippen LogP contribution is -1.95. The molecule has 1 aromatic carbocycles. The largest absolute Gasteiger partial charge is 0.396 e. The Morgan fingerprint density at radius 2 is 2.06 bits per heavy atom. The third-order valence-corrected chi connectivity index (χ3v) is 3.00. The Kier molecular flexibility index (Phi) is 3.62. The molecule has 0 aliphatic carbocycles. The smallest absolute Gasteiger partial charge is 0.0483 e. The minimum absolute atomic E-state index is 0.224. The second kappa shape index (κ2) is 5.17. The Bertz CT molecular complexity index is 459. The van der Waals surface area contributed by atoms with Crippen LogP contribution in [0.5, 0.6) is 0 Å². The van der Waals surface area contributed by atoms with E-state index in [4.69, 9.17) is 5.11 Å². The van der Waals surface area contributed by atoms with Crippen LogP contribution in [0.2, 0.25) is 0 Å². The zero-order valence-electron chi connectivity index (χ0n) is 9.82. The first kappa shape index (κ1) is 11.2. The quantitative estimate of drug-likeness (QED) is 0.818. The van der Waals surface area contributed by atoms with Crippen molar-refractivity contribution in [3.63, 3.8) is 0 Å². The Balaban J connectivity index is 2.40. The van der Waals surface area contributed by atoms with Gasteiger partial charge in [-0.05, 0) is 24.5 Å². The topological polar surface area (TPSA) is 25.2 Å². The molecule has 0 saturated heterocycles. The molecule has 16 heavy (non-hydrogen) atoms. The van der Waals surface area contributed by atoms with Crippen LogP contribution in [0.3, 0.4) is 0 Å². The predicted molar refractivity (Wildman–Crippen MR) is 67.6 cm³/mol. The number of fused-ring (bicyclic) bond motifs is 1. The molecule has 0 saturated carbocycles. The Morgan fingerprint density at radius 1 is 1.25 bits per heavy atom. The van der Waals surface area contributed by atoms with E-state index in [0.717, 1.165) is 13.0 Å². The molecule has 0 aliphatic heterocycles. The van der Waals surface area contributed by atoms with Gasteiger partial charge in [-0.15, -0.1) is 0 Å². The molecular weight excluding hydrogens is 198 g/mol. The maximum absolute atomic E-state index is 9.06. The van der Waals surface area contributed by atoms with E-state index in [0.29, 0.717) is 0 Å². The second-order valence-electron chi connectivity index (χ2n) is 4.19. The van der Waals surface area contributed by atoms with Gasteiger partial charge in [-0.1, -0.05) is 31.5 Å². The highest BCUT2D eigenvalue weighted by molar-refractivity contribution is 5.83. The molecule has 0 radical (unpaired) electrons. The number of unbranched alkanes of at least 4 members (excludes halogenated alkanes) is 1. The number of aryl methyl sites for hydroxylation is 1. The zero-order chi connectivity index (χ0) is 11.4. The first-order valence-corrected chi connectivity index (χ1v) is 6.04. The highest BCUT2D eigenvalue weighted by Crippen LogP contribution is 2.22. The average molecular weight is 217 g/mol. The maximum atomic E-state index is 9.06. The Morgan fingerprint density at radius 3 is 2.81 bits per heavy atom. The molecule has 1 aromatic heterocycles. The highest BCUT2D eigenvalue weighted by atomic mass is 16.2. The van der Waals surface area contributed by atoms with E-state index >= 15 is 0 Å². The highest BCUT2D eigenvalue weighted by Gasteiger charge is 2.06. The molecule has 1 heterocycles. The van der Waals surface area contributed by atoms with E-state index in [1.54, 1.807) is 0 Å². The van der Waals surface area contributed by atoms with E-state index in [9.17, 15) is 0 Å². The van der Waals surface area contributed by atoms with Crippen LogP contribution in [0.4, 0.5) is 0 Å². The Hall–Kier alpha value is -1.28. The third-order valence-electron chi connectivity index (χ3n) is 3.00. The fourth-order valence-corrected chi connectivity index (χ4v) is 2.16. The van der Waals surface area contributed by atoms with Gasteiger partial charge >= 0.3 is 0 Å². The van der Waals surface area contributed by atoms with E-state index in [2.05, 4.69) is 42.0 Å². The number of hydrogen-bond acceptors (Lipinski definition) is 1. The Labute approximate surface area is 96.5 Å². The van der Waals surface area contributed by atoms with E-state index in [1.165, 1.54) is 29.3 Å². The van der Waals surface area contributed by atoms with Gasteiger partial charge in [0.2, 0.25) is 0 Å². The summed E-state index contributed by atoms with van der Waals surface area (Å²) in [5.41, 5.74) is 2.55. The van der Waals surface area contributed by atoms with Crippen molar-refractivity contribution in [3.8, 4) is 0 Å². The van der Waals surface area contributed by atoms with Crippen molar-refractivity contribution in [2.75, 3.05) is 6.61 Å². The fraction of sp³-hybridized carbons (Fsp3) is 0.429. The molecule has 2 nitrogen and oxygen atoms in total. The first-order valence-electron chi connectivity index (χ1n) is 6.04. The van der Waals surface area contributed by atoms with Crippen LogP contribution < -0.4 is 0 Å². The molecule has 1 N–H and O–H groups in total. The molecule has 0 fully saturated rings. The van der Waals surface area contributed by atoms with Gasteiger partial charge in [-0.2, -0.15) is 0 Å². The summed E-state index contributed by atoms with van der Waals surface area (Å²) < 4.78 is 2.31. The zero-order valence-corrected chi connectivity index (χ0v) is 9.82. The lowest BCUT2D eigenvalue weighted by atomic mass is 10.1.